The van der Waals surface area contributed by atoms with Gasteiger partial charge in [-0.15, -0.1) is 11.3 Å². The third-order valence-electron chi connectivity index (χ3n) is 6.69. The van der Waals surface area contributed by atoms with Gasteiger partial charge in [0.15, 0.2) is 0 Å². The van der Waals surface area contributed by atoms with Crippen molar-refractivity contribution in [1.82, 2.24) is 9.55 Å². The number of carbonyl (C=O) groups is 1. The van der Waals surface area contributed by atoms with Crippen molar-refractivity contribution in [2.24, 2.45) is 0 Å². The summed E-state index contributed by atoms with van der Waals surface area (Å²) < 4.78 is 22.4. The summed E-state index contributed by atoms with van der Waals surface area (Å²) in [6.07, 6.45) is 0.800. The Morgan fingerprint density at radius 3 is 2.46 bits per heavy atom. The fourth-order valence-electron chi connectivity index (χ4n) is 4.95. The van der Waals surface area contributed by atoms with E-state index in [1.54, 1.807) is 41.9 Å². The zero-order valence-electron chi connectivity index (χ0n) is 18.6. The van der Waals surface area contributed by atoms with Gasteiger partial charge >= 0.3 is 5.97 Å². The van der Waals surface area contributed by atoms with Crippen molar-refractivity contribution in [1.29, 1.82) is 0 Å². The third kappa shape index (κ3) is 3.61. The summed E-state index contributed by atoms with van der Waals surface area (Å²) in [5.74, 6) is -1.34. The molecule has 2 aromatic heterocycles. The van der Waals surface area contributed by atoms with Crippen molar-refractivity contribution in [3.05, 3.63) is 83.2 Å². The second kappa shape index (κ2) is 8.27. The Bertz CT molecular complexity index is 1570. The summed E-state index contributed by atoms with van der Waals surface area (Å²) in [5, 5.41) is 22.3. The van der Waals surface area contributed by atoms with Crippen LogP contribution in [0.5, 0.6) is 0 Å². The molecule has 0 radical (unpaired) electrons. The molecule has 8 heteroatoms. The molecule has 6 rings (SSSR count). The summed E-state index contributed by atoms with van der Waals surface area (Å²) in [4.78, 5) is 16.0. The van der Waals surface area contributed by atoms with Gasteiger partial charge in [0, 0.05) is 42.7 Å². The maximum atomic E-state index is 13.9. The molecule has 3 heterocycles. The number of fused-ring (bicyclic) bond motifs is 2. The van der Waals surface area contributed by atoms with Crippen LogP contribution in [0, 0.1) is 5.82 Å². The van der Waals surface area contributed by atoms with Crippen molar-refractivity contribution >= 4 is 38.4 Å². The van der Waals surface area contributed by atoms with Crippen LogP contribution in [0.15, 0.2) is 66.2 Å². The number of hydrogen-bond acceptors (Lipinski definition) is 5. The highest BCUT2D eigenvalue weighted by Gasteiger charge is 2.39. The van der Waals surface area contributed by atoms with Crippen molar-refractivity contribution < 1.29 is 24.1 Å². The second-order valence-electron chi connectivity index (χ2n) is 8.75. The Labute approximate surface area is 203 Å². The van der Waals surface area contributed by atoms with E-state index in [1.165, 1.54) is 23.5 Å². The minimum absolute atomic E-state index is 0.187. The molecule has 0 saturated carbocycles. The summed E-state index contributed by atoms with van der Waals surface area (Å²) in [5.41, 5.74) is 5.46. The first-order chi connectivity index (χ1) is 16.9. The normalized spacial score (nSPS) is 15.6. The average Bonchev–Trinajstić information content (AvgIpc) is 3.46. The van der Waals surface area contributed by atoms with E-state index in [0.717, 1.165) is 32.2 Å². The molecule has 2 N–H and O–H groups in total. The zero-order chi connectivity index (χ0) is 24.2. The molecule has 0 bridgehead atoms. The molecule has 35 heavy (non-hydrogen) atoms. The van der Waals surface area contributed by atoms with Gasteiger partial charge in [-0.2, -0.15) is 0 Å². The largest absolute Gasteiger partial charge is 0.478 e. The standard InChI is InChI=1S/C27H21FN2O4S/c28-18-5-7-19(8-6-18)30-22-14-21-23(35-15-29-21)13-20(22)24(16-1-3-17(4-2-16)26(31)32)25(30)27(33)9-11-34-12-10-27/h1-8,13-15,33H,9-12H2,(H,31,32). The molecule has 1 aliphatic rings. The topological polar surface area (TPSA) is 84.6 Å². The summed E-state index contributed by atoms with van der Waals surface area (Å²) in [6, 6.07) is 17.0. The maximum Gasteiger partial charge on any atom is 0.335 e. The Morgan fingerprint density at radius 2 is 1.77 bits per heavy atom. The fraction of sp³-hybridized carbons (Fsp3) is 0.185. The number of rotatable bonds is 4. The Kier molecular flexibility index (Phi) is 5.17. The molecule has 0 atom stereocenters. The molecule has 1 fully saturated rings. The first-order valence-corrected chi connectivity index (χ1v) is 12.1. The highest BCUT2D eigenvalue weighted by molar-refractivity contribution is 7.16. The van der Waals surface area contributed by atoms with E-state index in [0.29, 0.717) is 37.4 Å². The molecular formula is C27H21FN2O4S. The molecule has 6 nitrogen and oxygen atoms in total. The number of aliphatic hydroxyl groups is 1. The van der Waals surface area contributed by atoms with Gasteiger partial charge in [0.05, 0.1) is 32.5 Å². The first kappa shape index (κ1) is 21.9. The first-order valence-electron chi connectivity index (χ1n) is 11.3. The van der Waals surface area contributed by atoms with Crippen LogP contribution in [0.25, 0.3) is 37.9 Å². The van der Waals surface area contributed by atoms with Crippen LogP contribution < -0.4 is 0 Å². The summed E-state index contributed by atoms with van der Waals surface area (Å²) in [6.45, 7) is 0.824. The van der Waals surface area contributed by atoms with Gasteiger partial charge in [-0.25, -0.2) is 14.2 Å². The molecule has 1 aliphatic heterocycles. The fourth-order valence-corrected chi connectivity index (χ4v) is 5.65. The van der Waals surface area contributed by atoms with E-state index < -0.39 is 11.6 Å². The van der Waals surface area contributed by atoms with Crippen LogP contribution in [0.4, 0.5) is 4.39 Å². The maximum absolute atomic E-state index is 13.9. The van der Waals surface area contributed by atoms with E-state index in [9.17, 15) is 19.4 Å². The number of aromatic nitrogens is 2. The van der Waals surface area contributed by atoms with Gasteiger partial charge in [-0.1, -0.05) is 12.1 Å². The number of halogens is 1. The predicted molar refractivity (Wildman–Crippen MR) is 133 cm³/mol. The lowest BCUT2D eigenvalue weighted by Gasteiger charge is -2.34. The van der Waals surface area contributed by atoms with Gasteiger partial charge in [0.1, 0.15) is 11.4 Å². The van der Waals surface area contributed by atoms with Crippen LogP contribution in [-0.4, -0.2) is 38.9 Å². The number of hydrogen-bond donors (Lipinski definition) is 2. The minimum Gasteiger partial charge on any atom is -0.478 e. The molecule has 1 saturated heterocycles. The quantitative estimate of drug-likeness (QED) is 0.337. The monoisotopic (exact) mass is 488 g/mol. The van der Waals surface area contributed by atoms with Gasteiger partial charge < -0.3 is 19.5 Å². The SMILES string of the molecule is O=C(O)c1ccc(-c2c(C3(O)CCOCC3)n(-c3ccc(F)cc3)c3cc4ncsc4cc23)cc1. The molecular weight excluding hydrogens is 467 g/mol. The molecule has 0 spiro atoms. The Hall–Kier alpha value is -3.59. The number of carboxylic acid groups (broad SMARTS) is 1. The molecule has 0 amide bonds. The number of benzene rings is 3. The number of ether oxygens (including phenoxy) is 1. The van der Waals surface area contributed by atoms with Crippen LogP contribution in [0.3, 0.4) is 0 Å². The van der Waals surface area contributed by atoms with Gasteiger partial charge in [0.25, 0.3) is 0 Å². The van der Waals surface area contributed by atoms with Crippen molar-refractivity contribution in [3.8, 4) is 16.8 Å². The molecule has 0 aliphatic carbocycles. The average molecular weight is 489 g/mol. The zero-order valence-corrected chi connectivity index (χ0v) is 19.4. The highest BCUT2D eigenvalue weighted by atomic mass is 32.1. The van der Waals surface area contributed by atoms with Gasteiger partial charge in [-0.05, 0) is 54.1 Å². The highest BCUT2D eigenvalue weighted by Crippen LogP contribution is 2.46. The van der Waals surface area contributed by atoms with Gasteiger partial charge in [-0.3, -0.25) is 0 Å². The van der Waals surface area contributed by atoms with Crippen molar-refractivity contribution in [2.45, 2.75) is 18.4 Å². The van der Waals surface area contributed by atoms with E-state index in [2.05, 4.69) is 11.1 Å². The number of thiazole rings is 1. The van der Waals surface area contributed by atoms with Crippen LogP contribution in [-0.2, 0) is 10.3 Å². The summed E-state index contributed by atoms with van der Waals surface area (Å²) in [7, 11) is 0. The van der Waals surface area contributed by atoms with E-state index in [1.807, 2.05) is 10.6 Å². The third-order valence-corrected chi connectivity index (χ3v) is 7.48. The lowest BCUT2D eigenvalue weighted by Crippen LogP contribution is -2.35. The minimum atomic E-state index is -1.20. The molecule has 0 unspecified atom stereocenters. The van der Waals surface area contributed by atoms with Crippen LogP contribution >= 0.6 is 11.3 Å². The van der Waals surface area contributed by atoms with E-state index >= 15 is 0 Å². The lowest BCUT2D eigenvalue weighted by atomic mass is 9.85. The summed E-state index contributed by atoms with van der Waals surface area (Å²) >= 11 is 1.53. The van der Waals surface area contributed by atoms with E-state index in [4.69, 9.17) is 4.74 Å². The van der Waals surface area contributed by atoms with Crippen molar-refractivity contribution in [2.75, 3.05) is 13.2 Å². The number of nitrogens with zero attached hydrogens (tertiary/aromatic N) is 2. The van der Waals surface area contributed by atoms with Crippen LogP contribution in [0.2, 0.25) is 0 Å². The number of aromatic carboxylic acids is 1. The molecule has 5 aromatic rings. The van der Waals surface area contributed by atoms with Crippen LogP contribution in [0.1, 0.15) is 28.9 Å². The van der Waals surface area contributed by atoms with Crippen molar-refractivity contribution in [3.63, 3.8) is 0 Å². The Morgan fingerprint density at radius 1 is 1.06 bits per heavy atom. The predicted octanol–water partition coefficient (Wildman–Crippen LogP) is 5.74. The lowest BCUT2D eigenvalue weighted by molar-refractivity contribution is -0.0708. The van der Waals surface area contributed by atoms with Gasteiger partial charge in [0.2, 0.25) is 0 Å². The Balaban J connectivity index is 1.74. The molecule has 3 aromatic carbocycles. The molecule has 176 valence electrons. The smallest absolute Gasteiger partial charge is 0.335 e. The second-order valence-corrected chi connectivity index (χ2v) is 9.64. The van der Waals surface area contributed by atoms with E-state index in [-0.39, 0.29) is 11.4 Å². The number of carboxylic acids is 1.